The van der Waals surface area contributed by atoms with E-state index in [9.17, 15) is 19.1 Å². The van der Waals surface area contributed by atoms with Crippen LogP contribution >= 0.6 is 0 Å². The summed E-state index contributed by atoms with van der Waals surface area (Å²) in [6.45, 7) is 1.66. The smallest absolute Gasteiger partial charge is 0.310 e. The molecule has 1 aromatic carbocycles. The number of hydrogen-bond donors (Lipinski definition) is 1. The molecule has 0 aromatic heterocycles. The number of carbonyl (C=O) groups excluding carboxylic acids is 2. The minimum atomic E-state index is -0.803. The van der Waals surface area contributed by atoms with E-state index in [2.05, 4.69) is 4.74 Å². The van der Waals surface area contributed by atoms with E-state index in [-0.39, 0.29) is 6.54 Å². The van der Waals surface area contributed by atoms with Gasteiger partial charge in [-0.2, -0.15) is 0 Å². The maximum atomic E-state index is 13.5. The molecule has 0 aliphatic rings. The summed E-state index contributed by atoms with van der Waals surface area (Å²) in [5.41, 5.74) is -0.401. The van der Waals surface area contributed by atoms with E-state index >= 15 is 0 Å². The minimum Gasteiger partial charge on any atom is -0.507 e. The lowest BCUT2D eigenvalue weighted by Crippen LogP contribution is -2.34. The largest absolute Gasteiger partial charge is 0.507 e. The van der Waals surface area contributed by atoms with Crippen molar-refractivity contribution in [1.82, 2.24) is 4.90 Å². The average Bonchev–Trinajstić information content (AvgIpc) is 2.37. The molecule has 104 valence electrons. The first-order chi connectivity index (χ1) is 8.88. The van der Waals surface area contributed by atoms with Crippen molar-refractivity contribution in [3.05, 3.63) is 29.6 Å². The van der Waals surface area contributed by atoms with Crippen molar-refractivity contribution in [2.75, 3.05) is 20.7 Å². The predicted molar refractivity (Wildman–Crippen MR) is 66.2 cm³/mol. The predicted octanol–water partition coefficient (Wildman–Crippen LogP) is 1.41. The summed E-state index contributed by atoms with van der Waals surface area (Å²) in [5, 5.41) is 9.52. The van der Waals surface area contributed by atoms with Gasteiger partial charge in [-0.1, -0.05) is 13.0 Å². The lowest BCUT2D eigenvalue weighted by Gasteiger charge is -2.20. The number of phenols is 1. The summed E-state index contributed by atoms with van der Waals surface area (Å²) in [6.07, 6.45) is 0. The normalized spacial score (nSPS) is 11.8. The number of methoxy groups -OCH3 is 1. The second-order valence-electron chi connectivity index (χ2n) is 4.24. The molecule has 0 radical (unpaired) electrons. The van der Waals surface area contributed by atoms with Gasteiger partial charge in [0.05, 0.1) is 13.0 Å². The van der Waals surface area contributed by atoms with Crippen molar-refractivity contribution >= 4 is 11.9 Å². The third-order valence-electron chi connectivity index (χ3n) is 2.70. The molecule has 1 aromatic rings. The Balaban J connectivity index is 2.86. The SMILES string of the molecule is COC(=O)C(C)CN(C)C(=O)c1c(O)cccc1F. The highest BCUT2D eigenvalue weighted by molar-refractivity contribution is 5.97. The second-order valence-corrected chi connectivity index (χ2v) is 4.24. The van der Waals surface area contributed by atoms with Crippen LogP contribution in [0.15, 0.2) is 18.2 Å². The van der Waals surface area contributed by atoms with Gasteiger partial charge >= 0.3 is 5.97 Å². The van der Waals surface area contributed by atoms with Crippen molar-refractivity contribution in [2.24, 2.45) is 5.92 Å². The number of ether oxygens (including phenoxy) is 1. The standard InChI is InChI=1S/C13H16FNO4/c1-8(13(18)19-3)7-15(2)12(17)11-9(14)5-4-6-10(11)16/h4-6,8,16H,7H2,1-3H3. The monoisotopic (exact) mass is 269 g/mol. The molecule has 1 atom stereocenters. The van der Waals surface area contributed by atoms with Crippen molar-refractivity contribution in [3.63, 3.8) is 0 Å². The summed E-state index contributed by atoms with van der Waals surface area (Å²) >= 11 is 0. The number of amides is 1. The number of halogens is 1. The van der Waals surface area contributed by atoms with Crippen molar-refractivity contribution in [1.29, 1.82) is 0 Å². The van der Waals surface area contributed by atoms with Crippen LogP contribution in [0.2, 0.25) is 0 Å². The Bertz CT molecular complexity index is 469. The third kappa shape index (κ3) is 3.43. The Labute approximate surface area is 110 Å². The van der Waals surface area contributed by atoms with Gasteiger partial charge in [0.25, 0.3) is 5.91 Å². The maximum absolute atomic E-state index is 13.5. The number of benzene rings is 1. The molecule has 0 aliphatic carbocycles. The number of phenolic OH excluding ortho intramolecular Hbond substituents is 1. The molecule has 1 unspecified atom stereocenters. The van der Waals surface area contributed by atoms with Crippen LogP contribution in [0.4, 0.5) is 4.39 Å². The van der Waals surface area contributed by atoms with Gasteiger partial charge in [-0.15, -0.1) is 0 Å². The molecular formula is C13H16FNO4. The zero-order valence-electron chi connectivity index (χ0n) is 11.0. The van der Waals surface area contributed by atoms with E-state index < -0.39 is 34.9 Å². The van der Waals surface area contributed by atoms with Crippen LogP contribution in [-0.2, 0) is 9.53 Å². The molecule has 1 N–H and O–H groups in total. The maximum Gasteiger partial charge on any atom is 0.310 e. The summed E-state index contributed by atoms with van der Waals surface area (Å²) in [7, 11) is 2.68. The third-order valence-corrected chi connectivity index (χ3v) is 2.70. The fourth-order valence-electron chi connectivity index (χ4n) is 1.68. The van der Waals surface area contributed by atoms with Crippen molar-refractivity contribution < 1.29 is 23.8 Å². The summed E-state index contributed by atoms with van der Waals surface area (Å²) in [6, 6.07) is 3.62. The van der Waals surface area contributed by atoms with Crippen LogP contribution in [0, 0.1) is 11.7 Å². The lowest BCUT2D eigenvalue weighted by molar-refractivity contribution is -0.145. The topological polar surface area (TPSA) is 66.8 Å². The molecule has 0 spiro atoms. The summed E-state index contributed by atoms with van der Waals surface area (Å²) < 4.78 is 18.1. The fraction of sp³-hybridized carbons (Fsp3) is 0.385. The highest BCUT2D eigenvalue weighted by Crippen LogP contribution is 2.21. The number of nitrogens with zero attached hydrogens (tertiary/aromatic N) is 1. The first kappa shape index (κ1) is 14.9. The molecule has 0 bridgehead atoms. The molecule has 1 rings (SSSR count). The molecule has 6 heteroatoms. The highest BCUT2D eigenvalue weighted by Gasteiger charge is 2.23. The van der Waals surface area contributed by atoms with Crippen LogP contribution in [0.25, 0.3) is 0 Å². The Morgan fingerprint density at radius 3 is 2.63 bits per heavy atom. The van der Waals surface area contributed by atoms with Gasteiger partial charge in [0, 0.05) is 13.6 Å². The average molecular weight is 269 g/mol. The molecule has 5 nitrogen and oxygen atoms in total. The Morgan fingerprint density at radius 1 is 1.47 bits per heavy atom. The van der Waals surface area contributed by atoms with E-state index in [0.29, 0.717) is 0 Å². The molecule has 1 amide bonds. The number of aromatic hydroxyl groups is 1. The summed E-state index contributed by atoms with van der Waals surface area (Å²) in [5.74, 6) is -2.92. The van der Waals surface area contributed by atoms with Crippen LogP contribution in [0.5, 0.6) is 5.75 Å². The molecule has 0 fully saturated rings. The number of hydrogen-bond acceptors (Lipinski definition) is 4. The van der Waals surface area contributed by atoms with Gasteiger partial charge in [0.2, 0.25) is 0 Å². The number of carbonyl (C=O) groups is 2. The number of rotatable bonds is 4. The lowest BCUT2D eigenvalue weighted by atomic mass is 10.1. The zero-order valence-corrected chi connectivity index (χ0v) is 11.0. The van der Waals surface area contributed by atoms with Gasteiger partial charge in [0.15, 0.2) is 0 Å². The van der Waals surface area contributed by atoms with Gasteiger partial charge in [-0.05, 0) is 12.1 Å². The van der Waals surface area contributed by atoms with Crippen molar-refractivity contribution in [3.8, 4) is 5.75 Å². The summed E-state index contributed by atoms with van der Waals surface area (Å²) in [4.78, 5) is 24.4. The fourth-order valence-corrected chi connectivity index (χ4v) is 1.68. The molecule has 0 aliphatic heterocycles. The van der Waals surface area contributed by atoms with E-state index in [0.717, 1.165) is 6.07 Å². The van der Waals surface area contributed by atoms with Crippen LogP contribution in [-0.4, -0.2) is 42.6 Å². The molecule has 0 heterocycles. The zero-order chi connectivity index (χ0) is 14.6. The first-order valence-corrected chi connectivity index (χ1v) is 5.69. The van der Waals surface area contributed by atoms with E-state index in [1.54, 1.807) is 6.92 Å². The van der Waals surface area contributed by atoms with Crippen LogP contribution < -0.4 is 0 Å². The van der Waals surface area contributed by atoms with Gasteiger partial charge in [-0.3, -0.25) is 9.59 Å². The van der Waals surface area contributed by atoms with E-state index in [1.807, 2.05) is 0 Å². The molecular weight excluding hydrogens is 253 g/mol. The quantitative estimate of drug-likeness (QED) is 0.839. The molecule has 19 heavy (non-hydrogen) atoms. The minimum absolute atomic E-state index is 0.0687. The first-order valence-electron chi connectivity index (χ1n) is 5.69. The van der Waals surface area contributed by atoms with Crippen LogP contribution in [0.1, 0.15) is 17.3 Å². The Hall–Kier alpha value is -2.11. The Kier molecular flexibility index (Phi) is 4.86. The number of esters is 1. The van der Waals surface area contributed by atoms with Gasteiger partial charge in [0.1, 0.15) is 17.1 Å². The van der Waals surface area contributed by atoms with Gasteiger partial charge in [-0.25, -0.2) is 4.39 Å². The second kappa shape index (κ2) is 6.17. The Morgan fingerprint density at radius 2 is 2.11 bits per heavy atom. The van der Waals surface area contributed by atoms with Gasteiger partial charge < -0.3 is 14.7 Å². The van der Waals surface area contributed by atoms with Crippen LogP contribution in [0.3, 0.4) is 0 Å². The highest BCUT2D eigenvalue weighted by atomic mass is 19.1. The van der Waals surface area contributed by atoms with E-state index in [1.165, 1.54) is 31.2 Å². The molecule has 0 saturated carbocycles. The van der Waals surface area contributed by atoms with E-state index in [4.69, 9.17) is 0 Å². The van der Waals surface area contributed by atoms with Crippen molar-refractivity contribution in [2.45, 2.75) is 6.92 Å². The molecule has 0 saturated heterocycles.